The Bertz CT molecular complexity index is 1110. The number of carbonyl (C=O) groups excluding carboxylic acids is 1. The normalized spacial score (nSPS) is 18.1. The van der Waals surface area contributed by atoms with Gasteiger partial charge in [0.25, 0.3) is 0 Å². The first-order valence-electron chi connectivity index (χ1n) is 9.48. The van der Waals surface area contributed by atoms with Gasteiger partial charge in [0.1, 0.15) is 18.4 Å². The summed E-state index contributed by atoms with van der Waals surface area (Å²) >= 11 is 6.19. The molecule has 0 spiro atoms. The molecule has 3 aromatic rings. The van der Waals surface area contributed by atoms with Gasteiger partial charge in [-0.3, -0.25) is 4.79 Å². The van der Waals surface area contributed by atoms with E-state index in [9.17, 15) is 4.79 Å². The number of benzene rings is 2. The second-order valence-electron chi connectivity index (χ2n) is 7.09. The van der Waals surface area contributed by atoms with Gasteiger partial charge in [0, 0.05) is 28.3 Å². The van der Waals surface area contributed by atoms with E-state index in [0.29, 0.717) is 24.0 Å². The van der Waals surface area contributed by atoms with E-state index >= 15 is 0 Å². The number of allylic oxidation sites excluding steroid dienone is 2. The van der Waals surface area contributed by atoms with Gasteiger partial charge in [0.15, 0.2) is 5.78 Å². The van der Waals surface area contributed by atoms with Gasteiger partial charge < -0.3 is 10.1 Å². The zero-order valence-corrected chi connectivity index (χ0v) is 16.3. The van der Waals surface area contributed by atoms with E-state index in [1.54, 1.807) is 4.68 Å². The lowest BCUT2D eigenvalue weighted by atomic mass is 9.85. The Kier molecular flexibility index (Phi) is 4.52. The van der Waals surface area contributed by atoms with Crippen LogP contribution in [0.5, 0.6) is 5.75 Å². The average molecular weight is 408 g/mol. The Morgan fingerprint density at radius 2 is 1.97 bits per heavy atom. The maximum atomic E-state index is 12.7. The minimum atomic E-state index is -0.332. The lowest BCUT2D eigenvalue weighted by Gasteiger charge is -2.31. The second-order valence-corrected chi connectivity index (χ2v) is 7.50. The highest BCUT2D eigenvalue weighted by atomic mass is 35.5. The van der Waals surface area contributed by atoms with Crippen molar-refractivity contribution in [2.45, 2.75) is 31.9 Å². The average Bonchev–Trinajstić information content (AvgIpc) is 3.20. The molecule has 1 aliphatic carbocycles. The van der Waals surface area contributed by atoms with Crippen LogP contribution in [0.2, 0.25) is 5.02 Å². The highest BCUT2D eigenvalue weighted by Crippen LogP contribution is 2.39. The molecule has 1 aliphatic heterocycles. The fraction of sp³-hybridized carbons (Fsp3) is 0.238. The zero-order chi connectivity index (χ0) is 19.8. The van der Waals surface area contributed by atoms with Crippen LogP contribution >= 0.6 is 11.6 Å². The van der Waals surface area contributed by atoms with Crippen LogP contribution in [-0.4, -0.2) is 26.0 Å². The minimum Gasteiger partial charge on any atom is -0.489 e. The molecule has 0 saturated carbocycles. The van der Waals surface area contributed by atoms with Gasteiger partial charge in [0.05, 0.1) is 0 Å². The molecule has 1 N–H and O–H groups in total. The molecule has 2 heterocycles. The molecule has 5 rings (SSSR count). The minimum absolute atomic E-state index is 0.143. The van der Waals surface area contributed by atoms with Crippen molar-refractivity contribution in [2.24, 2.45) is 0 Å². The molecule has 1 unspecified atom stereocenters. The van der Waals surface area contributed by atoms with Crippen molar-refractivity contribution in [1.82, 2.24) is 20.2 Å². The van der Waals surface area contributed by atoms with Gasteiger partial charge in [-0.15, -0.1) is 0 Å². The molecule has 1 atom stereocenters. The van der Waals surface area contributed by atoms with E-state index in [2.05, 4.69) is 20.8 Å². The number of ketones is 1. The summed E-state index contributed by atoms with van der Waals surface area (Å²) in [7, 11) is 0. The molecule has 2 aromatic carbocycles. The molecule has 146 valence electrons. The number of carbonyl (C=O) groups is 1. The van der Waals surface area contributed by atoms with Crippen LogP contribution in [0, 0.1) is 0 Å². The van der Waals surface area contributed by atoms with Crippen LogP contribution in [-0.2, 0) is 11.4 Å². The molecule has 2 aliphatic rings. The maximum absolute atomic E-state index is 12.7. The van der Waals surface area contributed by atoms with E-state index in [0.717, 1.165) is 41.0 Å². The SMILES string of the molecule is O=C1CCCC2=C1C(c1ccc(OCc3ccccc3Cl)cc1)n1nnnc1N2. The summed E-state index contributed by atoms with van der Waals surface area (Å²) in [5.41, 5.74) is 3.54. The summed E-state index contributed by atoms with van der Waals surface area (Å²) in [6.07, 6.45) is 2.21. The van der Waals surface area contributed by atoms with Crippen LogP contribution in [0.1, 0.15) is 36.4 Å². The molecule has 0 saturated heterocycles. The number of nitrogens with one attached hydrogen (secondary N) is 1. The second kappa shape index (κ2) is 7.33. The van der Waals surface area contributed by atoms with Gasteiger partial charge in [-0.1, -0.05) is 47.0 Å². The number of halogens is 1. The lowest BCUT2D eigenvalue weighted by Crippen LogP contribution is -2.31. The summed E-state index contributed by atoms with van der Waals surface area (Å²) in [5.74, 6) is 1.43. The van der Waals surface area contributed by atoms with Crippen molar-refractivity contribution in [3.05, 3.63) is 76.0 Å². The zero-order valence-electron chi connectivity index (χ0n) is 15.5. The molecular weight excluding hydrogens is 390 g/mol. The van der Waals surface area contributed by atoms with E-state index in [-0.39, 0.29) is 11.8 Å². The molecule has 8 heteroatoms. The molecule has 0 fully saturated rings. The standard InChI is InChI=1S/C21H18ClN5O2/c22-16-5-2-1-4-14(16)12-29-15-10-8-13(9-11-15)20-19-17(6-3-7-18(19)28)23-21-24-25-26-27(20)21/h1-2,4-5,8-11,20H,3,6-7,12H2,(H,23,24,26). The predicted molar refractivity (Wildman–Crippen MR) is 108 cm³/mol. The number of nitrogens with zero attached hydrogens (tertiary/aromatic N) is 4. The van der Waals surface area contributed by atoms with Crippen LogP contribution in [0.15, 0.2) is 59.8 Å². The first-order chi connectivity index (χ1) is 14.2. The van der Waals surface area contributed by atoms with Crippen molar-refractivity contribution < 1.29 is 9.53 Å². The van der Waals surface area contributed by atoms with Gasteiger partial charge in [-0.05, 0) is 47.0 Å². The molecule has 0 amide bonds. The Labute approximate surface area is 172 Å². The van der Waals surface area contributed by atoms with Crippen molar-refractivity contribution >= 4 is 23.3 Å². The van der Waals surface area contributed by atoms with E-state index in [1.807, 2.05) is 48.5 Å². The number of anilines is 1. The Morgan fingerprint density at radius 3 is 2.79 bits per heavy atom. The highest BCUT2D eigenvalue weighted by molar-refractivity contribution is 6.31. The molecule has 7 nitrogen and oxygen atoms in total. The summed E-state index contributed by atoms with van der Waals surface area (Å²) in [4.78, 5) is 12.7. The quantitative estimate of drug-likeness (QED) is 0.705. The number of aromatic nitrogens is 4. The number of Topliss-reactive ketones (excluding diaryl/α,β-unsaturated/α-hetero) is 1. The van der Waals surface area contributed by atoms with Gasteiger partial charge >= 0.3 is 0 Å². The molecular formula is C21H18ClN5O2. The molecule has 1 aromatic heterocycles. The number of hydrogen-bond acceptors (Lipinski definition) is 6. The molecule has 0 radical (unpaired) electrons. The topological polar surface area (TPSA) is 81.9 Å². The lowest BCUT2D eigenvalue weighted by molar-refractivity contribution is -0.116. The third-order valence-electron chi connectivity index (χ3n) is 5.28. The summed E-state index contributed by atoms with van der Waals surface area (Å²) < 4.78 is 7.54. The van der Waals surface area contributed by atoms with Crippen molar-refractivity contribution in [3.63, 3.8) is 0 Å². The number of tetrazole rings is 1. The van der Waals surface area contributed by atoms with E-state index < -0.39 is 0 Å². The first kappa shape index (κ1) is 17.9. The Balaban J connectivity index is 1.42. The Morgan fingerprint density at radius 1 is 1.14 bits per heavy atom. The molecule has 29 heavy (non-hydrogen) atoms. The summed E-state index contributed by atoms with van der Waals surface area (Å²) in [6.45, 7) is 0.386. The van der Waals surface area contributed by atoms with Crippen LogP contribution in [0.3, 0.4) is 0 Å². The monoisotopic (exact) mass is 407 g/mol. The number of hydrogen-bond donors (Lipinski definition) is 1. The summed E-state index contributed by atoms with van der Waals surface area (Å²) in [6, 6.07) is 15.0. The number of fused-ring (bicyclic) bond motifs is 1. The van der Waals surface area contributed by atoms with Crippen LogP contribution in [0.4, 0.5) is 5.95 Å². The maximum Gasteiger partial charge on any atom is 0.248 e. The predicted octanol–water partition coefficient (Wildman–Crippen LogP) is 3.93. The molecule has 0 bridgehead atoms. The third-order valence-corrected chi connectivity index (χ3v) is 5.65. The fourth-order valence-corrected chi connectivity index (χ4v) is 4.04. The van der Waals surface area contributed by atoms with Gasteiger partial charge in [0.2, 0.25) is 5.95 Å². The van der Waals surface area contributed by atoms with Gasteiger partial charge in [-0.25, -0.2) is 0 Å². The Hall–Kier alpha value is -3.19. The van der Waals surface area contributed by atoms with Crippen molar-refractivity contribution in [1.29, 1.82) is 0 Å². The first-order valence-corrected chi connectivity index (χ1v) is 9.86. The van der Waals surface area contributed by atoms with Crippen LogP contribution < -0.4 is 10.1 Å². The van der Waals surface area contributed by atoms with Crippen LogP contribution in [0.25, 0.3) is 0 Å². The van der Waals surface area contributed by atoms with Gasteiger partial charge in [-0.2, -0.15) is 4.68 Å². The largest absolute Gasteiger partial charge is 0.489 e. The third kappa shape index (κ3) is 3.27. The highest BCUT2D eigenvalue weighted by Gasteiger charge is 2.36. The van der Waals surface area contributed by atoms with Crippen molar-refractivity contribution in [2.75, 3.05) is 5.32 Å². The number of rotatable bonds is 4. The van der Waals surface area contributed by atoms with E-state index in [4.69, 9.17) is 16.3 Å². The smallest absolute Gasteiger partial charge is 0.248 e. The fourth-order valence-electron chi connectivity index (χ4n) is 3.85. The van der Waals surface area contributed by atoms with E-state index in [1.165, 1.54) is 0 Å². The summed E-state index contributed by atoms with van der Waals surface area (Å²) in [5, 5.41) is 15.8. The number of ether oxygens (including phenoxy) is 1. The van der Waals surface area contributed by atoms with Crippen molar-refractivity contribution in [3.8, 4) is 5.75 Å².